The van der Waals surface area contributed by atoms with E-state index in [0.717, 1.165) is 50.1 Å². The van der Waals surface area contributed by atoms with Gasteiger partial charge in [-0.25, -0.2) is 29.9 Å². The van der Waals surface area contributed by atoms with Crippen LogP contribution in [-0.4, -0.2) is 34.5 Å². The smallest absolute Gasteiger partial charge is 0.166 e. The molecular formula is C86H97N7S. The molecule has 0 bridgehead atoms. The maximum Gasteiger partial charge on any atom is 0.166 e. The van der Waals surface area contributed by atoms with E-state index in [2.05, 4.69) is 322 Å². The van der Waals surface area contributed by atoms with Gasteiger partial charge in [0.2, 0.25) is 0 Å². The summed E-state index contributed by atoms with van der Waals surface area (Å²) in [5, 5.41) is 4.91. The second-order valence-corrected chi connectivity index (χ2v) is 35.9. The van der Waals surface area contributed by atoms with Crippen molar-refractivity contribution in [2.75, 3.05) is 0 Å². The van der Waals surface area contributed by atoms with Crippen molar-refractivity contribution in [2.45, 2.75) is 209 Å². The standard InChI is InChI=1S/C86H97N7S/c1-79(2,3)55-37-51(38-56(46-55)80(4,5)6)74-87-73(88-75(89-74)52-39-57(81(7,8)9)47-58(40-52)82(10,11)12)50-33-35-68(93-67-31-27-25-30-65(67)71-69(93)36-34-64-63-29-26-28-32-70(63)94-72(64)71)66(45-50)78-91-76(53-41-59(83(13,14)15)48-60(42-53)84(16,17)18)90-77(92-78)54-43-61(85(19,20)21)49-62(44-54)86(22,23)24/h25-49H,1-24H3. The minimum Gasteiger partial charge on any atom is -0.308 e. The molecule has 12 rings (SSSR count). The molecule has 0 radical (unpaired) electrons. The molecule has 0 fully saturated rings. The Hall–Kier alpha value is -8.20. The largest absolute Gasteiger partial charge is 0.308 e. The van der Waals surface area contributed by atoms with Gasteiger partial charge in [-0.15, -0.1) is 11.3 Å². The summed E-state index contributed by atoms with van der Waals surface area (Å²) < 4.78 is 4.97. The molecule has 482 valence electrons. The molecule has 8 aromatic carbocycles. The number of para-hydroxylation sites is 1. The summed E-state index contributed by atoms with van der Waals surface area (Å²) in [6, 6.07) is 56.9. The van der Waals surface area contributed by atoms with Gasteiger partial charge in [0.15, 0.2) is 34.9 Å². The zero-order valence-electron chi connectivity index (χ0n) is 60.5. The van der Waals surface area contributed by atoms with Crippen LogP contribution in [0.1, 0.15) is 211 Å². The number of thiophene rings is 1. The van der Waals surface area contributed by atoms with Crippen LogP contribution in [0.25, 0.3) is 116 Å². The van der Waals surface area contributed by atoms with E-state index in [1.54, 1.807) is 0 Å². The molecule has 0 amide bonds. The van der Waals surface area contributed by atoms with Gasteiger partial charge in [-0.2, -0.15) is 0 Å². The average Bonchev–Trinajstić information content (AvgIpc) is 1.52. The number of nitrogens with zero attached hydrogens (tertiary/aromatic N) is 7. The summed E-state index contributed by atoms with van der Waals surface area (Å²) in [4.78, 5) is 34.1. The van der Waals surface area contributed by atoms with Gasteiger partial charge in [-0.1, -0.05) is 233 Å². The van der Waals surface area contributed by atoms with E-state index in [-0.39, 0.29) is 43.3 Å². The van der Waals surface area contributed by atoms with Crippen molar-refractivity contribution in [2.24, 2.45) is 0 Å². The van der Waals surface area contributed by atoms with Gasteiger partial charge in [-0.3, -0.25) is 0 Å². The first-order valence-corrected chi connectivity index (χ1v) is 34.6. The average molecular weight is 1260 g/mol. The Morgan fingerprint density at radius 2 is 0.585 bits per heavy atom. The Bertz CT molecular complexity index is 4660. The summed E-state index contributed by atoms with van der Waals surface area (Å²) in [7, 11) is 0. The number of aromatic nitrogens is 7. The lowest BCUT2D eigenvalue weighted by molar-refractivity contribution is 0.568. The van der Waals surface area contributed by atoms with Crippen molar-refractivity contribution >= 4 is 53.3 Å². The van der Waals surface area contributed by atoms with Crippen molar-refractivity contribution in [3.63, 3.8) is 0 Å². The first kappa shape index (κ1) is 65.8. The fourth-order valence-corrected chi connectivity index (χ4v) is 13.8. The SMILES string of the molecule is CC(C)(C)c1cc(-c2nc(-c3cc(C(C)(C)C)cc(C(C)(C)C)c3)nc(-c3ccc(-n4c5ccccc5c5c6sc7ccccc7c6ccc54)c(-c4nc(-c5cc(C(C)(C)C)cc(C(C)(C)C)c5)nc(-c5cc(C(C)(C)C)cc(C(C)(C)C)c5)n4)c3)n2)cc(C(C)(C)C)c1. The van der Waals surface area contributed by atoms with Crippen LogP contribution >= 0.6 is 11.3 Å². The van der Waals surface area contributed by atoms with Crippen LogP contribution in [-0.2, 0) is 43.3 Å². The molecule has 0 atom stereocenters. The Morgan fingerprint density at radius 3 is 0.947 bits per heavy atom. The van der Waals surface area contributed by atoms with Gasteiger partial charge in [0.25, 0.3) is 0 Å². The van der Waals surface area contributed by atoms with Crippen LogP contribution in [0.4, 0.5) is 0 Å². The van der Waals surface area contributed by atoms with Gasteiger partial charge < -0.3 is 4.57 Å². The van der Waals surface area contributed by atoms with Crippen molar-refractivity contribution in [1.82, 2.24) is 34.5 Å². The van der Waals surface area contributed by atoms with Crippen molar-refractivity contribution < 1.29 is 0 Å². The van der Waals surface area contributed by atoms with Gasteiger partial charge in [0.05, 0.1) is 16.7 Å². The molecule has 4 aromatic heterocycles. The zero-order valence-corrected chi connectivity index (χ0v) is 61.3. The van der Waals surface area contributed by atoms with Crippen LogP contribution in [0.2, 0.25) is 0 Å². The highest BCUT2D eigenvalue weighted by molar-refractivity contribution is 7.26. The Balaban J connectivity index is 1.23. The number of hydrogen-bond donors (Lipinski definition) is 0. The fraction of sp³-hybridized carbons (Fsp3) is 0.372. The summed E-state index contributed by atoms with van der Waals surface area (Å²) in [5.41, 5.74) is 17.0. The van der Waals surface area contributed by atoms with Crippen LogP contribution in [0.15, 0.2) is 152 Å². The molecule has 12 aromatic rings. The van der Waals surface area contributed by atoms with Crippen LogP contribution < -0.4 is 0 Å². The van der Waals surface area contributed by atoms with E-state index in [9.17, 15) is 0 Å². The molecule has 0 aliphatic heterocycles. The first-order valence-electron chi connectivity index (χ1n) is 33.7. The van der Waals surface area contributed by atoms with E-state index in [0.29, 0.717) is 34.9 Å². The van der Waals surface area contributed by atoms with Crippen molar-refractivity contribution in [3.05, 3.63) is 196 Å². The van der Waals surface area contributed by atoms with E-state index in [1.807, 2.05) is 11.3 Å². The van der Waals surface area contributed by atoms with Crippen LogP contribution in [0.5, 0.6) is 0 Å². The maximum atomic E-state index is 5.81. The number of fused-ring (bicyclic) bond motifs is 7. The van der Waals surface area contributed by atoms with Crippen LogP contribution in [0.3, 0.4) is 0 Å². The molecule has 7 nitrogen and oxygen atoms in total. The monoisotopic (exact) mass is 1260 g/mol. The second kappa shape index (κ2) is 22.7. The van der Waals surface area contributed by atoms with E-state index < -0.39 is 0 Å². The topological polar surface area (TPSA) is 82.3 Å². The Labute approximate surface area is 564 Å². The van der Waals surface area contributed by atoms with Gasteiger partial charge in [0, 0.05) is 64.3 Å². The summed E-state index contributed by atoms with van der Waals surface area (Å²) in [5.74, 6) is 3.52. The third-order valence-corrected chi connectivity index (χ3v) is 20.1. The minimum atomic E-state index is -0.164. The van der Waals surface area contributed by atoms with Crippen molar-refractivity contribution in [3.8, 4) is 74.0 Å². The number of rotatable bonds is 7. The lowest BCUT2D eigenvalue weighted by Crippen LogP contribution is -2.17. The maximum absolute atomic E-state index is 5.81. The molecule has 94 heavy (non-hydrogen) atoms. The molecule has 4 heterocycles. The molecule has 0 saturated carbocycles. The third-order valence-electron chi connectivity index (χ3n) is 18.9. The highest BCUT2D eigenvalue weighted by Gasteiger charge is 2.30. The van der Waals surface area contributed by atoms with E-state index in [4.69, 9.17) is 29.9 Å². The fourth-order valence-electron chi connectivity index (χ4n) is 12.6. The highest BCUT2D eigenvalue weighted by Crippen LogP contribution is 2.47. The molecule has 8 heteroatoms. The normalized spacial score (nSPS) is 13.3. The summed E-state index contributed by atoms with van der Waals surface area (Å²) in [6.45, 7) is 54.9. The number of hydrogen-bond acceptors (Lipinski definition) is 7. The summed E-state index contributed by atoms with van der Waals surface area (Å²) in [6.07, 6.45) is 0. The molecule has 0 unspecified atom stereocenters. The molecule has 0 aliphatic carbocycles. The molecular weight excluding hydrogens is 1160 g/mol. The Kier molecular flexibility index (Phi) is 15.9. The lowest BCUT2D eigenvalue weighted by atomic mass is 9.79. The summed E-state index contributed by atoms with van der Waals surface area (Å²) >= 11 is 1.86. The van der Waals surface area contributed by atoms with E-state index >= 15 is 0 Å². The first-order chi connectivity index (χ1) is 43.6. The number of benzene rings is 8. The quantitative estimate of drug-likeness (QED) is 0.158. The lowest BCUT2D eigenvalue weighted by Gasteiger charge is -2.26. The minimum absolute atomic E-state index is 0.148. The zero-order chi connectivity index (χ0) is 67.9. The van der Waals surface area contributed by atoms with Gasteiger partial charge >= 0.3 is 0 Å². The predicted molar refractivity (Wildman–Crippen MR) is 403 cm³/mol. The van der Waals surface area contributed by atoms with Crippen molar-refractivity contribution in [1.29, 1.82) is 0 Å². The van der Waals surface area contributed by atoms with Gasteiger partial charge in [-0.05, 0) is 173 Å². The predicted octanol–water partition coefficient (Wildman–Crippen LogP) is 23.9. The van der Waals surface area contributed by atoms with Gasteiger partial charge in [0.1, 0.15) is 0 Å². The molecule has 0 N–H and O–H groups in total. The third kappa shape index (κ3) is 12.8. The molecule has 0 aliphatic rings. The second-order valence-electron chi connectivity index (χ2n) is 34.8. The molecule has 0 saturated heterocycles. The van der Waals surface area contributed by atoms with Crippen LogP contribution in [0, 0.1) is 0 Å². The Morgan fingerprint density at radius 1 is 0.266 bits per heavy atom. The molecule has 0 spiro atoms. The van der Waals surface area contributed by atoms with E-state index in [1.165, 1.54) is 75.5 Å². The highest BCUT2D eigenvalue weighted by atomic mass is 32.1.